The number of fused-ring (bicyclic) bond motifs is 1. The lowest BCUT2D eigenvalue weighted by Crippen LogP contribution is -2.24. The molecule has 3 rings (SSSR count). The van der Waals surface area contributed by atoms with Crippen LogP contribution in [0.15, 0.2) is 40.8 Å². The Bertz CT molecular complexity index is 898. The molecule has 0 amide bonds. The fourth-order valence-corrected chi connectivity index (χ4v) is 3.22. The predicted octanol–water partition coefficient (Wildman–Crippen LogP) is 3.30. The van der Waals surface area contributed by atoms with Crippen molar-refractivity contribution in [1.29, 1.82) is 0 Å². The average molecular weight is 319 g/mol. The summed E-state index contributed by atoms with van der Waals surface area (Å²) in [7, 11) is 0. The molecule has 0 fully saturated rings. The Morgan fingerprint density at radius 3 is 3.00 bits per heavy atom. The van der Waals surface area contributed by atoms with Gasteiger partial charge >= 0.3 is 0 Å². The second kappa shape index (κ2) is 5.42. The maximum Gasteiger partial charge on any atom is 0.271 e. The van der Waals surface area contributed by atoms with Crippen molar-refractivity contribution in [2.45, 2.75) is 13.5 Å². The van der Waals surface area contributed by atoms with Crippen LogP contribution in [0, 0.1) is 6.92 Å². The summed E-state index contributed by atoms with van der Waals surface area (Å²) in [5.74, 6) is -0.172. The highest BCUT2D eigenvalue weighted by atomic mass is 35.5. The van der Waals surface area contributed by atoms with Crippen LogP contribution in [-0.2, 0) is 6.54 Å². The van der Waals surface area contributed by atoms with E-state index in [-0.39, 0.29) is 17.9 Å². The summed E-state index contributed by atoms with van der Waals surface area (Å²) < 4.78 is 1.91. The number of rotatable bonds is 3. The third kappa shape index (κ3) is 2.62. The summed E-state index contributed by atoms with van der Waals surface area (Å²) in [6.07, 6.45) is 1.42. The standard InChI is InChI=1S/C15H11ClN2O2S/c1-9-7-21-14-13(9)17-8-18(15(14)20)6-12(19)10-3-2-4-11(16)5-10/h2-5,7-8H,6H2,1H3. The number of benzene rings is 1. The van der Waals surface area contributed by atoms with Crippen LogP contribution in [0.1, 0.15) is 15.9 Å². The molecule has 106 valence electrons. The van der Waals surface area contributed by atoms with Gasteiger partial charge in [-0.25, -0.2) is 4.98 Å². The molecule has 0 atom stereocenters. The number of halogens is 1. The van der Waals surface area contributed by atoms with Crippen LogP contribution in [0.25, 0.3) is 10.2 Å². The van der Waals surface area contributed by atoms with E-state index in [1.54, 1.807) is 24.3 Å². The second-order valence-corrected chi connectivity index (χ2v) is 6.02. The number of nitrogens with zero attached hydrogens (tertiary/aromatic N) is 2. The van der Waals surface area contributed by atoms with E-state index in [0.717, 1.165) is 5.56 Å². The lowest BCUT2D eigenvalue weighted by atomic mass is 10.1. The number of carbonyl (C=O) groups excluding carboxylic acids is 1. The lowest BCUT2D eigenvalue weighted by Gasteiger charge is -2.05. The van der Waals surface area contributed by atoms with Gasteiger partial charge in [0.1, 0.15) is 4.70 Å². The van der Waals surface area contributed by atoms with Crippen LogP contribution in [0.4, 0.5) is 0 Å². The van der Waals surface area contributed by atoms with Crippen LogP contribution < -0.4 is 5.56 Å². The van der Waals surface area contributed by atoms with Crippen molar-refractivity contribution in [3.05, 3.63) is 62.5 Å². The first-order valence-electron chi connectivity index (χ1n) is 6.28. The van der Waals surface area contributed by atoms with Crippen molar-refractivity contribution in [2.24, 2.45) is 0 Å². The average Bonchev–Trinajstić information content (AvgIpc) is 2.84. The Morgan fingerprint density at radius 2 is 2.24 bits per heavy atom. The first-order valence-corrected chi connectivity index (χ1v) is 7.54. The molecular weight excluding hydrogens is 308 g/mol. The summed E-state index contributed by atoms with van der Waals surface area (Å²) in [6.45, 7) is 1.87. The Hall–Kier alpha value is -1.98. The zero-order valence-electron chi connectivity index (χ0n) is 11.2. The lowest BCUT2D eigenvalue weighted by molar-refractivity contribution is 0.0970. The molecule has 4 nitrogen and oxygen atoms in total. The van der Waals surface area contributed by atoms with E-state index in [1.165, 1.54) is 22.2 Å². The Kier molecular flexibility index (Phi) is 3.61. The molecule has 21 heavy (non-hydrogen) atoms. The number of aromatic nitrogens is 2. The van der Waals surface area contributed by atoms with Gasteiger partial charge in [0.25, 0.3) is 5.56 Å². The quantitative estimate of drug-likeness (QED) is 0.696. The van der Waals surface area contributed by atoms with Crippen molar-refractivity contribution in [1.82, 2.24) is 9.55 Å². The molecule has 0 aliphatic rings. The predicted molar refractivity (Wildman–Crippen MR) is 84.4 cm³/mol. The summed E-state index contributed by atoms with van der Waals surface area (Å²) in [6, 6.07) is 6.69. The minimum Gasteiger partial charge on any atom is -0.292 e. The summed E-state index contributed by atoms with van der Waals surface area (Å²) in [4.78, 5) is 28.8. The van der Waals surface area contributed by atoms with E-state index in [4.69, 9.17) is 11.6 Å². The second-order valence-electron chi connectivity index (χ2n) is 4.71. The van der Waals surface area contributed by atoms with Gasteiger partial charge in [0.15, 0.2) is 5.78 Å². The van der Waals surface area contributed by atoms with Gasteiger partial charge in [-0.2, -0.15) is 0 Å². The van der Waals surface area contributed by atoms with E-state index < -0.39 is 0 Å². The normalized spacial score (nSPS) is 11.0. The van der Waals surface area contributed by atoms with Crippen molar-refractivity contribution in [3.8, 4) is 0 Å². The van der Waals surface area contributed by atoms with Crippen molar-refractivity contribution < 1.29 is 4.79 Å². The number of hydrogen-bond acceptors (Lipinski definition) is 4. The van der Waals surface area contributed by atoms with Crippen molar-refractivity contribution in [3.63, 3.8) is 0 Å². The van der Waals surface area contributed by atoms with Gasteiger partial charge < -0.3 is 0 Å². The van der Waals surface area contributed by atoms with Crippen LogP contribution in [0.5, 0.6) is 0 Å². The number of carbonyl (C=O) groups is 1. The highest BCUT2D eigenvalue weighted by molar-refractivity contribution is 7.17. The van der Waals surface area contributed by atoms with Crippen LogP contribution in [0.2, 0.25) is 5.02 Å². The topological polar surface area (TPSA) is 52.0 Å². The molecule has 2 heterocycles. The first kappa shape index (κ1) is 14.0. The van der Waals surface area contributed by atoms with E-state index in [9.17, 15) is 9.59 Å². The molecule has 0 saturated heterocycles. The fraction of sp³-hybridized carbons (Fsp3) is 0.133. The number of aryl methyl sites for hydroxylation is 1. The fourth-order valence-electron chi connectivity index (χ4n) is 2.08. The Balaban J connectivity index is 1.97. The maximum absolute atomic E-state index is 12.3. The molecule has 0 unspecified atom stereocenters. The minimum absolute atomic E-state index is 0.0426. The van der Waals surface area contributed by atoms with Gasteiger partial charge in [0.2, 0.25) is 0 Å². The van der Waals surface area contributed by atoms with Gasteiger partial charge in [-0.1, -0.05) is 23.7 Å². The first-order chi connectivity index (χ1) is 10.1. The number of thiophene rings is 1. The summed E-state index contributed by atoms with van der Waals surface area (Å²) in [5, 5.41) is 2.39. The number of Topliss-reactive ketones (excluding diaryl/α,β-unsaturated/α-hetero) is 1. The molecule has 3 aromatic rings. The molecule has 0 radical (unpaired) electrons. The Morgan fingerprint density at radius 1 is 1.43 bits per heavy atom. The van der Waals surface area contributed by atoms with E-state index in [2.05, 4.69) is 4.98 Å². The molecular formula is C15H11ClN2O2S. The molecule has 1 aromatic carbocycles. The molecule has 2 aromatic heterocycles. The zero-order valence-corrected chi connectivity index (χ0v) is 12.7. The van der Waals surface area contributed by atoms with Gasteiger partial charge in [-0.15, -0.1) is 11.3 Å². The smallest absolute Gasteiger partial charge is 0.271 e. The number of hydrogen-bond donors (Lipinski definition) is 0. The van der Waals surface area contributed by atoms with E-state index >= 15 is 0 Å². The molecule has 0 bridgehead atoms. The van der Waals surface area contributed by atoms with Gasteiger partial charge in [-0.3, -0.25) is 14.2 Å². The molecule has 0 aliphatic heterocycles. The molecule has 6 heteroatoms. The molecule has 0 spiro atoms. The van der Waals surface area contributed by atoms with Gasteiger partial charge in [-0.05, 0) is 30.0 Å². The van der Waals surface area contributed by atoms with Crippen molar-refractivity contribution in [2.75, 3.05) is 0 Å². The maximum atomic E-state index is 12.3. The minimum atomic E-state index is -0.187. The van der Waals surface area contributed by atoms with Crippen LogP contribution >= 0.6 is 22.9 Å². The zero-order chi connectivity index (χ0) is 15.0. The highest BCUT2D eigenvalue weighted by Gasteiger charge is 2.12. The van der Waals surface area contributed by atoms with E-state index in [1.807, 2.05) is 12.3 Å². The monoisotopic (exact) mass is 318 g/mol. The molecule has 0 N–H and O–H groups in total. The van der Waals surface area contributed by atoms with Crippen LogP contribution in [0.3, 0.4) is 0 Å². The number of ketones is 1. The third-order valence-corrected chi connectivity index (χ3v) is 4.49. The van der Waals surface area contributed by atoms with E-state index in [0.29, 0.717) is 20.8 Å². The largest absolute Gasteiger partial charge is 0.292 e. The van der Waals surface area contributed by atoms with Crippen LogP contribution in [-0.4, -0.2) is 15.3 Å². The Labute approximate surface area is 129 Å². The SMILES string of the molecule is Cc1csc2c(=O)n(CC(=O)c3cccc(Cl)c3)cnc12. The van der Waals surface area contributed by atoms with Crippen molar-refractivity contribution >= 4 is 38.9 Å². The molecule has 0 saturated carbocycles. The van der Waals surface area contributed by atoms with Gasteiger partial charge in [0, 0.05) is 10.6 Å². The van der Waals surface area contributed by atoms with Gasteiger partial charge in [0.05, 0.1) is 18.4 Å². The summed E-state index contributed by atoms with van der Waals surface area (Å²) in [5.41, 5.74) is 1.97. The summed E-state index contributed by atoms with van der Waals surface area (Å²) >= 11 is 7.22. The highest BCUT2D eigenvalue weighted by Crippen LogP contribution is 2.19. The molecule has 0 aliphatic carbocycles. The third-order valence-electron chi connectivity index (χ3n) is 3.18.